The van der Waals surface area contributed by atoms with Gasteiger partial charge in [-0.05, 0) is 19.1 Å². The molecule has 1 aromatic carbocycles. The van der Waals surface area contributed by atoms with Gasteiger partial charge in [0.1, 0.15) is 0 Å². The molecule has 2 N–H and O–H groups in total. The molecule has 112 valence electrons. The number of rotatable bonds is 7. The SMILES string of the molecule is COCCNC(=O)C(C)NCc1c(Cl)ccc(Cl)c1Cl. The molecule has 1 amide bonds. The fourth-order valence-electron chi connectivity index (χ4n) is 1.51. The molecule has 0 saturated heterocycles. The highest BCUT2D eigenvalue weighted by atomic mass is 35.5. The number of carbonyl (C=O) groups excluding carboxylic acids is 1. The summed E-state index contributed by atoms with van der Waals surface area (Å²) in [5.74, 6) is -0.115. The van der Waals surface area contributed by atoms with Gasteiger partial charge >= 0.3 is 0 Å². The molecule has 0 fully saturated rings. The molecule has 0 aromatic heterocycles. The van der Waals surface area contributed by atoms with Gasteiger partial charge in [-0.25, -0.2) is 0 Å². The Bertz CT molecular complexity index is 469. The lowest BCUT2D eigenvalue weighted by atomic mass is 10.2. The highest BCUT2D eigenvalue weighted by Crippen LogP contribution is 2.31. The number of halogens is 3. The normalized spacial score (nSPS) is 12.2. The van der Waals surface area contributed by atoms with Gasteiger partial charge < -0.3 is 15.4 Å². The Kier molecular flexibility index (Phi) is 7.62. The summed E-state index contributed by atoms with van der Waals surface area (Å²) >= 11 is 18.1. The standard InChI is InChI=1S/C13H17Cl3N2O2/c1-8(13(19)17-5-6-20-2)18-7-9-10(14)3-4-11(15)12(9)16/h3-4,8,18H,5-7H2,1-2H3,(H,17,19). The maximum Gasteiger partial charge on any atom is 0.236 e. The zero-order chi connectivity index (χ0) is 15.1. The second kappa shape index (κ2) is 8.70. The first kappa shape index (κ1) is 17.5. The van der Waals surface area contributed by atoms with Crippen molar-refractivity contribution < 1.29 is 9.53 Å². The number of ether oxygens (including phenoxy) is 1. The average Bonchev–Trinajstić information content (AvgIpc) is 2.43. The van der Waals surface area contributed by atoms with Crippen LogP contribution in [0.4, 0.5) is 0 Å². The van der Waals surface area contributed by atoms with Gasteiger partial charge in [-0.1, -0.05) is 34.8 Å². The number of carbonyl (C=O) groups is 1. The van der Waals surface area contributed by atoms with Crippen molar-refractivity contribution >= 4 is 40.7 Å². The first-order valence-corrected chi connectivity index (χ1v) is 7.23. The molecule has 1 aromatic rings. The summed E-state index contributed by atoms with van der Waals surface area (Å²) in [6.07, 6.45) is 0. The van der Waals surface area contributed by atoms with Crippen LogP contribution in [0.5, 0.6) is 0 Å². The van der Waals surface area contributed by atoms with Gasteiger partial charge in [0.2, 0.25) is 5.91 Å². The zero-order valence-corrected chi connectivity index (χ0v) is 13.6. The zero-order valence-electron chi connectivity index (χ0n) is 11.3. The van der Waals surface area contributed by atoms with E-state index in [0.29, 0.717) is 40.3 Å². The van der Waals surface area contributed by atoms with E-state index in [9.17, 15) is 4.79 Å². The predicted octanol–water partition coefficient (Wildman–Crippen LogP) is 2.89. The summed E-state index contributed by atoms with van der Waals surface area (Å²) in [5.41, 5.74) is 0.678. The van der Waals surface area contributed by atoms with Crippen LogP contribution in [-0.4, -0.2) is 32.2 Å². The lowest BCUT2D eigenvalue weighted by Gasteiger charge is -2.15. The topological polar surface area (TPSA) is 50.4 Å². The monoisotopic (exact) mass is 338 g/mol. The first-order chi connectivity index (χ1) is 9.47. The minimum atomic E-state index is -0.377. The second-order valence-corrected chi connectivity index (χ2v) is 5.40. The van der Waals surface area contributed by atoms with Gasteiger partial charge in [0.15, 0.2) is 0 Å². The molecule has 7 heteroatoms. The molecule has 1 rings (SSSR count). The number of hydrogen-bond donors (Lipinski definition) is 2. The van der Waals surface area contributed by atoms with Crippen LogP contribution in [-0.2, 0) is 16.1 Å². The quantitative estimate of drug-likeness (QED) is 0.593. The molecule has 0 radical (unpaired) electrons. The third-order valence-corrected chi connectivity index (χ3v) is 3.92. The van der Waals surface area contributed by atoms with E-state index in [1.807, 2.05) is 0 Å². The Morgan fingerprint density at radius 2 is 1.95 bits per heavy atom. The second-order valence-electron chi connectivity index (χ2n) is 4.21. The van der Waals surface area contributed by atoms with Crippen LogP contribution in [0.2, 0.25) is 15.1 Å². The first-order valence-electron chi connectivity index (χ1n) is 6.09. The van der Waals surface area contributed by atoms with Gasteiger partial charge in [0.25, 0.3) is 0 Å². The van der Waals surface area contributed by atoms with Gasteiger partial charge in [-0.2, -0.15) is 0 Å². The van der Waals surface area contributed by atoms with Crippen LogP contribution in [0, 0.1) is 0 Å². The molecular formula is C13H17Cl3N2O2. The van der Waals surface area contributed by atoms with E-state index in [-0.39, 0.29) is 11.9 Å². The van der Waals surface area contributed by atoms with Crippen molar-refractivity contribution in [3.8, 4) is 0 Å². The Morgan fingerprint density at radius 1 is 1.30 bits per heavy atom. The summed E-state index contributed by atoms with van der Waals surface area (Å²) < 4.78 is 4.86. The molecule has 20 heavy (non-hydrogen) atoms. The van der Waals surface area contributed by atoms with Crippen LogP contribution < -0.4 is 10.6 Å². The predicted molar refractivity (Wildman–Crippen MR) is 82.7 cm³/mol. The van der Waals surface area contributed by atoms with E-state index in [1.54, 1.807) is 26.2 Å². The number of methoxy groups -OCH3 is 1. The van der Waals surface area contributed by atoms with Crippen LogP contribution in [0.1, 0.15) is 12.5 Å². The minimum Gasteiger partial charge on any atom is -0.383 e. The third kappa shape index (κ3) is 5.11. The van der Waals surface area contributed by atoms with Crippen molar-refractivity contribution in [1.82, 2.24) is 10.6 Å². The highest BCUT2D eigenvalue weighted by molar-refractivity contribution is 6.44. The maximum absolute atomic E-state index is 11.8. The molecule has 1 unspecified atom stereocenters. The van der Waals surface area contributed by atoms with Crippen LogP contribution in [0.25, 0.3) is 0 Å². The molecule has 1 atom stereocenters. The van der Waals surface area contributed by atoms with E-state index in [0.717, 1.165) is 0 Å². The van der Waals surface area contributed by atoms with Crippen LogP contribution in [0.3, 0.4) is 0 Å². The van der Waals surface area contributed by atoms with Crippen molar-refractivity contribution in [2.24, 2.45) is 0 Å². The Labute approximate surface area is 133 Å². The molecule has 4 nitrogen and oxygen atoms in total. The summed E-state index contributed by atoms with van der Waals surface area (Å²) in [6.45, 7) is 3.07. The van der Waals surface area contributed by atoms with Crippen molar-refractivity contribution in [2.75, 3.05) is 20.3 Å². The van der Waals surface area contributed by atoms with Crippen LogP contribution >= 0.6 is 34.8 Å². The molecule has 0 spiro atoms. The maximum atomic E-state index is 11.8. The van der Waals surface area contributed by atoms with Gasteiger partial charge in [0.05, 0.1) is 22.7 Å². The van der Waals surface area contributed by atoms with E-state index >= 15 is 0 Å². The molecular weight excluding hydrogens is 323 g/mol. The highest BCUT2D eigenvalue weighted by Gasteiger charge is 2.14. The average molecular weight is 340 g/mol. The molecule has 0 bridgehead atoms. The van der Waals surface area contributed by atoms with Crippen molar-refractivity contribution in [1.29, 1.82) is 0 Å². The van der Waals surface area contributed by atoms with Crippen LogP contribution in [0.15, 0.2) is 12.1 Å². The van der Waals surface area contributed by atoms with Crippen molar-refractivity contribution in [2.45, 2.75) is 19.5 Å². The van der Waals surface area contributed by atoms with Crippen molar-refractivity contribution in [3.63, 3.8) is 0 Å². The minimum absolute atomic E-state index is 0.115. The molecule has 0 heterocycles. The van der Waals surface area contributed by atoms with Gasteiger partial charge in [-0.3, -0.25) is 4.79 Å². The number of benzene rings is 1. The van der Waals surface area contributed by atoms with E-state index < -0.39 is 0 Å². The number of nitrogens with one attached hydrogen (secondary N) is 2. The Hall–Kier alpha value is -0.520. The Morgan fingerprint density at radius 3 is 2.60 bits per heavy atom. The van der Waals surface area contributed by atoms with Gasteiger partial charge in [-0.15, -0.1) is 0 Å². The number of hydrogen-bond acceptors (Lipinski definition) is 3. The summed E-state index contributed by atoms with van der Waals surface area (Å²) in [4.78, 5) is 11.8. The molecule has 0 aliphatic rings. The van der Waals surface area contributed by atoms with E-state index in [1.165, 1.54) is 0 Å². The molecule has 0 saturated carbocycles. The lowest BCUT2D eigenvalue weighted by Crippen LogP contribution is -2.42. The number of amides is 1. The molecule has 0 aliphatic carbocycles. The third-order valence-electron chi connectivity index (χ3n) is 2.72. The summed E-state index contributed by atoms with van der Waals surface area (Å²) in [7, 11) is 1.58. The van der Waals surface area contributed by atoms with E-state index in [2.05, 4.69) is 10.6 Å². The van der Waals surface area contributed by atoms with E-state index in [4.69, 9.17) is 39.5 Å². The fraction of sp³-hybridized carbons (Fsp3) is 0.462. The lowest BCUT2D eigenvalue weighted by molar-refractivity contribution is -0.122. The molecule has 0 aliphatic heterocycles. The van der Waals surface area contributed by atoms with Crippen molar-refractivity contribution in [3.05, 3.63) is 32.8 Å². The smallest absolute Gasteiger partial charge is 0.236 e. The summed E-state index contributed by atoms with van der Waals surface area (Å²) in [5, 5.41) is 7.15. The Balaban J connectivity index is 2.55. The fourth-order valence-corrected chi connectivity index (χ4v) is 2.19. The summed E-state index contributed by atoms with van der Waals surface area (Å²) in [6, 6.07) is 2.94. The largest absolute Gasteiger partial charge is 0.383 e. The van der Waals surface area contributed by atoms with Gasteiger partial charge in [0, 0.05) is 30.8 Å².